The van der Waals surface area contributed by atoms with E-state index in [1.54, 1.807) is 24.3 Å². The minimum Gasteiger partial charge on any atom is -0.494 e. The van der Waals surface area contributed by atoms with E-state index in [-0.39, 0.29) is 10.8 Å². The molecular weight excluding hydrogens is 428 g/mol. The van der Waals surface area contributed by atoms with E-state index in [4.69, 9.17) is 4.74 Å². The second-order valence-electron chi connectivity index (χ2n) is 7.98. The summed E-state index contributed by atoms with van der Waals surface area (Å²) in [7, 11) is -3.84. The van der Waals surface area contributed by atoms with E-state index in [0.29, 0.717) is 23.6 Å². The number of anilines is 2. The molecule has 0 saturated carbocycles. The first-order chi connectivity index (χ1) is 15.5. The third kappa shape index (κ3) is 4.99. The van der Waals surface area contributed by atoms with Crippen LogP contribution in [0, 0.1) is 0 Å². The number of likely N-dealkylation sites (tertiary alicyclic amines) is 1. The van der Waals surface area contributed by atoms with Gasteiger partial charge in [-0.2, -0.15) is 0 Å². The molecule has 2 aromatic rings. The smallest absolute Gasteiger partial charge is 0.261 e. The number of benzene rings is 2. The SMILES string of the molecule is CCOc1ccc(S(=O)(=O)Nc2cc(C(=O)N3CCCC3)ccc2N2CCNCC2)cc1. The molecule has 4 rings (SSSR count). The summed E-state index contributed by atoms with van der Waals surface area (Å²) in [6.07, 6.45) is 2.00. The predicted molar refractivity (Wildman–Crippen MR) is 125 cm³/mol. The second-order valence-corrected chi connectivity index (χ2v) is 9.66. The Hall–Kier alpha value is -2.78. The van der Waals surface area contributed by atoms with Crippen molar-refractivity contribution in [2.24, 2.45) is 0 Å². The number of piperazine rings is 1. The van der Waals surface area contributed by atoms with Crippen molar-refractivity contribution in [1.29, 1.82) is 0 Å². The maximum Gasteiger partial charge on any atom is 0.261 e. The van der Waals surface area contributed by atoms with E-state index >= 15 is 0 Å². The van der Waals surface area contributed by atoms with Crippen LogP contribution in [0.5, 0.6) is 5.75 Å². The predicted octanol–water partition coefficient (Wildman–Crippen LogP) is 2.53. The number of nitrogens with one attached hydrogen (secondary N) is 2. The lowest BCUT2D eigenvalue weighted by molar-refractivity contribution is 0.0793. The van der Waals surface area contributed by atoms with Crippen molar-refractivity contribution >= 4 is 27.3 Å². The van der Waals surface area contributed by atoms with Gasteiger partial charge in [0.15, 0.2) is 0 Å². The molecule has 9 heteroatoms. The molecule has 32 heavy (non-hydrogen) atoms. The van der Waals surface area contributed by atoms with E-state index < -0.39 is 10.0 Å². The van der Waals surface area contributed by atoms with Crippen LogP contribution in [0.25, 0.3) is 0 Å². The lowest BCUT2D eigenvalue weighted by Gasteiger charge is -2.31. The number of hydrogen-bond donors (Lipinski definition) is 2. The summed E-state index contributed by atoms with van der Waals surface area (Å²) >= 11 is 0. The van der Waals surface area contributed by atoms with Crippen LogP contribution in [0.2, 0.25) is 0 Å². The summed E-state index contributed by atoms with van der Waals surface area (Å²) in [5.41, 5.74) is 1.69. The molecule has 2 aromatic carbocycles. The van der Waals surface area contributed by atoms with Gasteiger partial charge in [-0.05, 0) is 62.2 Å². The maximum atomic E-state index is 13.2. The second kappa shape index (κ2) is 9.79. The quantitative estimate of drug-likeness (QED) is 0.663. The lowest BCUT2D eigenvalue weighted by atomic mass is 10.1. The first kappa shape index (κ1) is 22.4. The standard InChI is InChI=1S/C23H30N4O4S/c1-2-31-19-6-8-20(9-7-19)32(29,30)25-21-17-18(23(28)27-13-3-4-14-27)5-10-22(21)26-15-11-24-12-16-26/h5-10,17,24-25H,2-4,11-16H2,1H3. The highest BCUT2D eigenvalue weighted by Crippen LogP contribution is 2.31. The number of sulfonamides is 1. The van der Waals surface area contributed by atoms with Gasteiger partial charge in [0, 0.05) is 44.8 Å². The van der Waals surface area contributed by atoms with Crippen LogP contribution in [0.1, 0.15) is 30.1 Å². The Balaban J connectivity index is 1.65. The van der Waals surface area contributed by atoms with Crippen LogP contribution >= 0.6 is 0 Å². The van der Waals surface area contributed by atoms with Gasteiger partial charge in [0.2, 0.25) is 0 Å². The van der Waals surface area contributed by atoms with Crippen molar-refractivity contribution < 1.29 is 17.9 Å². The van der Waals surface area contributed by atoms with Crippen LogP contribution in [0.3, 0.4) is 0 Å². The van der Waals surface area contributed by atoms with Gasteiger partial charge in [-0.3, -0.25) is 9.52 Å². The van der Waals surface area contributed by atoms with Gasteiger partial charge in [0.25, 0.3) is 15.9 Å². The number of nitrogens with zero attached hydrogens (tertiary/aromatic N) is 2. The average Bonchev–Trinajstić information content (AvgIpc) is 3.34. The van der Waals surface area contributed by atoms with E-state index in [2.05, 4.69) is 14.9 Å². The molecular formula is C23H30N4O4S. The molecule has 1 amide bonds. The monoisotopic (exact) mass is 458 g/mol. The largest absolute Gasteiger partial charge is 0.494 e. The molecule has 0 aromatic heterocycles. The number of rotatable bonds is 7. The molecule has 2 fully saturated rings. The Morgan fingerprint density at radius 2 is 1.72 bits per heavy atom. The van der Waals surface area contributed by atoms with E-state index in [1.807, 2.05) is 17.9 Å². The molecule has 2 aliphatic rings. The highest BCUT2D eigenvalue weighted by molar-refractivity contribution is 7.92. The van der Waals surface area contributed by atoms with E-state index in [1.165, 1.54) is 12.1 Å². The molecule has 2 N–H and O–H groups in total. The van der Waals surface area contributed by atoms with Crippen LogP contribution in [0.4, 0.5) is 11.4 Å². The number of carbonyl (C=O) groups is 1. The van der Waals surface area contributed by atoms with Crippen molar-refractivity contribution in [2.75, 3.05) is 55.5 Å². The molecule has 0 bridgehead atoms. The Kier molecular flexibility index (Phi) is 6.86. The van der Waals surface area contributed by atoms with Crippen LogP contribution in [-0.2, 0) is 10.0 Å². The molecule has 8 nitrogen and oxygen atoms in total. The van der Waals surface area contributed by atoms with Crippen molar-refractivity contribution in [3.8, 4) is 5.75 Å². The number of ether oxygens (including phenoxy) is 1. The van der Waals surface area contributed by atoms with Gasteiger partial charge < -0.3 is 19.9 Å². The molecule has 2 aliphatic heterocycles. The zero-order valence-electron chi connectivity index (χ0n) is 18.3. The van der Waals surface area contributed by atoms with E-state index in [9.17, 15) is 13.2 Å². The average molecular weight is 459 g/mol. The lowest BCUT2D eigenvalue weighted by Crippen LogP contribution is -2.43. The van der Waals surface area contributed by atoms with Crippen molar-refractivity contribution in [1.82, 2.24) is 10.2 Å². The fourth-order valence-corrected chi connectivity index (χ4v) is 5.19. The third-order valence-electron chi connectivity index (χ3n) is 5.78. The Bertz CT molecular complexity index is 1040. The minimum absolute atomic E-state index is 0.0594. The summed E-state index contributed by atoms with van der Waals surface area (Å²) in [5, 5.41) is 3.31. The molecule has 0 atom stereocenters. The van der Waals surface area contributed by atoms with Gasteiger partial charge in [-0.25, -0.2) is 8.42 Å². The van der Waals surface area contributed by atoms with Crippen LogP contribution < -0.4 is 19.7 Å². The fourth-order valence-electron chi connectivity index (χ4n) is 4.12. The van der Waals surface area contributed by atoms with Gasteiger partial charge >= 0.3 is 0 Å². The van der Waals surface area contributed by atoms with Crippen molar-refractivity contribution in [2.45, 2.75) is 24.7 Å². The highest BCUT2D eigenvalue weighted by Gasteiger charge is 2.24. The minimum atomic E-state index is -3.84. The third-order valence-corrected chi connectivity index (χ3v) is 7.17. The zero-order valence-corrected chi connectivity index (χ0v) is 19.2. The van der Waals surface area contributed by atoms with Crippen LogP contribution in [-0.4, -0.2) is 65.1 Å². The molecule has 172 valence electrons. The van der Waals surface area contributed by atoms with Gasteiger partial charge in [-0.1, -0.05) is 0 Å². The Morgan fingerprint density at radius 3 is 2.38 bits per heavy atom. The maximum absolute atomic E-state index is 13.2. The van der Waals surface area contributed by atoms with Crippen molar-refractivity contribution in [3.05, 3.63) is 48.0 Å². The number of amides is 1. The summed E-state index contributed by atoms with van der Waals surface area (Å²) in [6, 6.07) is 11.7. The normalized spacial score (nSPS) is 16.8. The first-order valence-corrected chi connectivity index (χ1v) is 12.6. The summed E-state index contributed by atoms with van der Waals surface area (Å²) in [4.78, 5) is 17.0. The molecule has 0 spiro atoms. The molecule has 2 saturated heterocycles. The van der Waals surface area contributed by atoms with Gasteiger partial charge in [0.05, 0.1) is 22.9 Å². The number of hydrogen-bond acceptors (Lipinski definition) is 6. The zero-order chi connectivity index (χ0) is 22.6. The van der Waals surface area contributed by atoms with Gasteiger partial charge in [-0.15, -0.1) is 0 Å². The summed E-state index contributed by atoms with van der Waals surface area (Å²) < 4.78 is 34.5. The molecule has 0 radical (unpaired) electrons. The first-order valence-electron chi connectivity index (χ1n) is 11.1. The molecule has 0 aliphatic carbocycles. The fraction of sp³-hybridized carbons (Fsp3) is 0.435. The topological polar surface area (TPSA) is 91.0 Å². The summed E-state index contributed by atoms with van der Waals surface area (Å²) in [5.74, 6) is 0.557. The molecule has 2 heterocycles. The Morgan fingerprint density at radius 1 is 1.03 bits per heavy atom. The van der Waals surface area contributed by atoms with E-state index in [0.717, 1.165) is 57.8 Å². The molecule has 0 unspecified atom stereocenters. The van der Waals surface area contributed by atoms with Gasteiger partial charge in [0.1, 0.15) is 5.75 Å². The van der Waals surface area contributed by atoms with Crippen molar-refractivity contribution in [3.63, 3.8) is 0 Å². The number of carbonyl (C=O) groups excluding carboxylic acids is 1. The van der Waals surface area contributed by atoms with Crippen LogP contribution in [0.15, 0.2) is 47.4 Å². The highest BCUT2D eigenvalue weighted by atomic mass is 32.2. The summed E-state index contributed by atoms with van der Waals surface area (Å²) in [6.45, 7) is 7.03. The Labute approximate surface area is 189 Å².